The number of carbonyl (C=O) groups is 3. The van der Waals surface area contributed by atoms with Crippen LogP contribution >= 0.6 is 0 Å². The van der Waals surface area contributed by atoms with Gasteiger partial charge in [-0.3, -0.25) is 4.79 Å². The summed E-state index contributed by atoms with van der Waals surface area (Å²) in [6, 6.07) is 7.24. The maximum absolute atomic E-state index is 12.5. The van der Waals surface area contributed by atoms with E-state index >= 15 is 0 Å². The van der Waals surface area contributed by atoms with E-state index in [-0.39, 0.29) is 29.7 Å². The highest BCUT2D eigenvalue weighted by Gasteiger charge is 2.26. The van der Waals surface area contributed by atoms with Gasteiger partial charge < -0.3 is 36.2 Å². The van der Waals surface area contributed by atoms with E-state index in [4.69, 9.17) is 10.5 Å². The second kappa shape index (κ2) is 9.21. The predicted octanol–water partition coefficient (Wildman–Crippen LogP) is 1.36. The van der Waals surface area contributed by atoms with E-state index in [2.05, 4.69) is 27.4 Å². The van der Waals surface area contributed by atoms with Crippen molar-refractivity contribution in [3.63, 3.8) is 0 Å². The van der Waals surface area contributed by atoms with Crippen LogP contribution in [0.4, 0.5) is 15.3 Å². The molecule has 1 fully saturated rings. The molecule has 172 valence electrons. The second-order valence-electron chi connectivity index (χ2n) is 8.65. The molecule has 1 saturated heterocycles. The number of ether oxygens (including phenoxy) is 1. The number of nitrogens with one attached hydrogen (secondary N) is 3. The number of amides is 4. The Morgan fingerprint density at radius 2 is 1.88 bits per heavy atom. The Kier molecular flexibility index (Phi) is 6.61. The Bertz CT molecular complexity index is 957. The summed E-state index contributed by atoms with van der Waals surface area (Å²) >= 11 is 0. The van der Waals surface area contributed by atoms with Gasteiger partial charge in [0.2, 0.25) is 0 Å². The lowest BCUT2D eigenvalue weighted by Gasteiger charge is -2.36. The monoisotopic (exact) mass is 442 g/mol. The first-order chi connectivity index (χ1) is 15.0. The van der Waals surface area contributed by atoms with E-state index in [1.54, 1.807) is 4.90 Å². The lowest BCUT2D eigenvalue weighted by molar-refractivity contribution is -0.118. The zero-order valence-electron chi connectivity index (χ0n) is 18.7. The molecule has 3 rings (SSSR count). The first-order valence-corrected chi connectivity index (χ1v) is 10.4. The van der Waals surface area contributed by atoms with Gasteiger partial charge in [-0.1, -0.05) is 18.7 Å². The van der Waals surface area contributed by atoms with Crippen LogP contribution in [0.15, 0.2) is 47.9 Å². The summed E-state index contributed by atoms with van der Waals surface area (Å²) in [5.41, 5.74) is 7.48. The summed E-state index contributed by atoms with van der Waals surface area (Å²) in [6.45, 7) is 11.9. The van der Waals surface area contributed by atoms with Crippen LogP contribution in [0.1, 0.15) is 26.3 Å². The van der Waals surface area contributed by atoms with Gasteiger partial charge in [-0.05, 0) is 38.5 Å². The van der Waals surface area contributed by atoms with Crippen LogP contribution in [-0.2, 0) is 16.1 Å². The van der Waals surface area contributed by atoms with E-state index < -0.39 is 17.5 Å². The summed E-state index contributed by atoms with van der Waals surface area (Å²) in [5, 5.41) is 7.58. The van der Waals surface area contributed by atoms with Crippen molar-refractivity contribution in [3.05, 3.63) is 53.5 Å². The quantitative estimate of drug-likeness (QED) is 0.557. The zero-order valence-corrected chi connectivity index (χ0v) is 18.7. The molecule has 0 spiro atoms. The third-order valence-electron chi connectivity index (χ3n) is 4.98. The van der Waals surface area contributed by atoms with Gasteiger partial charge in [-0.2, -0.15) is 0 Å². The van der Waals surface area contributed by atoms with Gasteiger partial charge >= 0.3 is 12.1 Å². The number of hydrogen-bond donors (Lipinski definition) is 4. The molecule has 0 unspecified atom stereocenters. The fourth-order valence-electron chi connectivity index (χ4n) is 3.35. The Balaban J connectivity index is 1.57. The molecule has 0 bridgehead atoms. The molecule has 2 aliphatic heterocycles. The summed E-state index contributed by atoms with van der Waals surface area (Å²) in [6.07, 6.45) is -0.296. The van der Waals surface area contributed by atoms with Gasteiger partial charge in [0.05, 0.1) is 11.4 Å². The smallest absolute Gasteiger partial charge is 0.410 e. The molecule has 1 aromatic carbocycles. The number of hydrogen-bond acceptors (Lipinski definition) is 6. The summed E-state index contributed by atoms with van der Waals surface area (Å²) < 4.78 is 5.44. The number of rotatable bonds is 4. The molecule has 32 heavy (non-hydrogen) atoms. The van der Waals surface area contributed by atoms with Crippen LogP contribution in [0.25, 0.3) is 0 Å². The summed E-state index contributed by atoms with van der Waals surface area (Å²) in [5.74, 6) is -0.491. The number of piperazine rings is 1. The van der Waals surface area contributed by atoms with Crippen molar-refractivity contribution < 1.29 is 19.1 Å². The topological polar surface area (TPSA) is 129 Å². The highest BCUT2D eigenvalue weighted by molar-refractivity contribution is 6.00. The van der Waals surface area contributed by atoms with E-state index in [0.717, 1.165) is 11.3 Å². The molecule has 10 heteroatoms. The number of nitrogens with zero attached hydrogens (tertiary/aromatic N) is 2. The first-order valence-electron chi connectivity index (χ1n) is 10.4. The van der Waals surface area contributed by atoms with Crippen LogP contribution < -0.4 is 26.6 Å². The van der Waals surface area contributed by atoms with Crippen molar-refractivity contribution in [3.8, 4) is 0 Å². The number of carbonyl (C=O) groups excluding carboxylic acids is 3. The number of urea groups is 1. The lowest BCUT2D eigenvalue weighted by atomic mass is 10.1. The Hall–Kier alpha value is -3.69. The minimum atomic E-state index is -0.554. The standard InChI is InChI=1S/C22H30N6O4/c1-14-17(23)18(26-20(30)25-14)19(29)24-13-15-6-5-7-16(12-15)27-8-10-28(11-9-27)21(31)32-22(2,3)4/h5-7,12H,1,8-11,13,23H2,2-4H3,(H,24,29)(H2,25,26,30). The molecule has 0 atom stereocenters. The number of nitrogens with two attached hydrogens (primary N) is 1. The van der Waals surface area contributed by atoms with E-state index in [1.807, 2.05) is 45.0 Å². The van der Waals surface area contributed by atoms with Crippen molar-refractivity contribution in [2.45, 2.75) is 32.9 Å². The third-order valence-corrected chi connectivity index (χ3v) is 4.98. The van der Waals surface area contributed by atoms with Gasteiger partial charge in [0.1, 0.15) is 11.3 Å². The fourth-order valence-corrected chi connectivity index (χ4v) is 3.35. The molecule has 0 aliphatic carbocycles. The number of anilines is 1. The maximum atomic E-state index is 12.5. The van der Waals surface area contributed by atoms with Gasteiger partial charge in [0, 0.05) is 38.4 Å². The fraction of sp³-hybridized carbons (Fsp3) is 0.409. The predicted molar refractivity (Wildman–Crippen MR) is 120 cm³/mol. The minimum absolute atomic E-state index is 0.0202. The molecule has 5 N–H and O–H groups in total. The van der Waals surface area contributed by atoms with Gasteiger partial charge in [0.15, 0.2) is 0 Å². The van der Waals surface area contributed by atoms with Gasteiger partial charge in [0.25, 0.3) is 5.91 Å². The molecule has 0 aromatic heterocycles. The average Bonchev–Trinajstić information content (AvgIpc) is 2.73. The molecule has 2 aliphatic rings. The van der Waals surface area contributed by atoms with Crippen molar-refractivity contribution in [2.75, 3.05) is 31.1 Å². The van der Waals surface area contributed by atoms with Gasteiger partial charge in [-0.15, -0.1) is 0 Å². The van der Waals surface area contributed by atoms with Crippen molar-refractivity contribution in [1.29, 1.82) is 0 Å². The molecule has 4 amide bonds. The molecular weight excluding hydrogens is 412 g/mol. The Morgan fingerprint density at radius 1 is 1.19 bits per heavy atom. The molecule has 10 nitrogen and oxygen atoms in total. The van der Waals surface area contributed by atoms with E-state index in [0.29, 0.717) is 26.2 Å². The number of benzene rings is 1. The molecule has 0 saturated carbocycles. The van der Waals surface area contributed by atoms with Gasteiger partial charge in [-0.25, -0.2) is 9.59 Å². The summed E-state index contributed by atoms with van der Waals surface area (Å²) in [4.78, 5) is 40.2. The van der Waals surface area contributed by atoms with Crippen LogP contribution in [-0.4, -0.2) is 54.7 Å². The van der Waals surface area contributed by atoms with Crippen LogP contribution in [0.2, 0.25) is 0 Å². The van der Waals surface area contributed by atoms with E-state index in [1.165, 1.54) is 0 Å². The SMILES string of the molecule is C=C1NC(=O)NC(C(=O)NCc2cccc(N3CCN(C(=O)OC(C)(C)C)CC3)c2)=C1N. The maximum Gasteiger partial charge on any atom is 0.410 e. The van der Waals surface area contributed by atoms with Crippen LogP contribution in [0.3, 0.4) is 0 Å². The highest BCUT2D eigenvalue weighted by Crippen LogP contribution is 2.20. The normalized spacial score (nSPS) is 17.0. The summed E-state index contributed by atoms with van der Waals surface area (Å²) in [7, 11) is 0. The van der Waals surface area contributed by atoms with Crippen molar-refractivity contribution >= 4 is 23.7 Å². The lowest BCUT2D eigenvalue weighted by Crippen LogP contribution is -2.50. The average molecular weight is 443 g/mol. The first kappa shape index (κ1) is 23.0. The Morgan fingerprint density at radius 3 is 2.53 bits per heavy atom. The van der Waals surface area contributed by atoms with E-state index in [9.17, 15) is 14.4 Å². The largest absolute Gasteiger partial charge is 0.444 e. The third kappa shape index (κ3) is 5.71. The van der Waals surface area contributed by atoms with Crippen LogP contribution in [0.5, 0.6) is 0 Å². The molecule has 2 heterocycles. The Labute approximate surface area is 187 Å². The zero-order chi connectivity index (χ0) is 23.5. The van der Waals surface area contributed by atoms with Crippen LogP contribution in [0, 0.1) is 0 Å². The van der Waals surface area contributed by atoms with Crippen molar-refractivity contribution in [1.82, 2.24) is 20.9 Å². The second-order valence-corrected chi connectivity index (χ2v) is 8.65. The minimum Gasteiger partial charge on any atom is -0.444 e. The highest BCUT2D eigenvalue weighted by atomic mass is 16.6. The molecule has 0 radical (unpaired) electrons. The molecule has 1 aromatic rings. The van der Waals surface area contributed by atoms with Crippen molar-refractivity contribution in [2.24, 2.45) is 5.73 Å². The molecular formula is C22H30N6O4.